The van der Waals surface area contributed by atoms with Crippen LogP contribution in [0.2, 0.25) is 0 Å². The van der Waals surface area contributed by atoms with Gasteiger partial charge >= 0.3 is 6.18 Å². The van der Waals surface area contributed by atoms with Gasteiger partial charge in [0.15, 0.2) is 0 Å². The van der Waals surface area contributed by atoms with Gasteiger partial charge in [0.25, 0.3) is 0 Å². The van der Waals surface area contributed by atoms with E-state index in [1.165, 1.54) is 6.92 Å². The number of aromatic nitrogens is 2. The van der Waals surface area contributed by atoms with Gasteiger partial charge in [-0.05, 0) is 62.2 Å². The Kier molecular flexibility index (Phi) is 5.03. The average Bonchev–Trinajstić information content (AvgIpc) is 2.56. The normalized spacial score (nSPS) is 13.0. The first-order chi connectivity index (χ1) is 12.6. The van der Waals surface area contributed by atoms with E-state index in [0.717, 1.165) is 21.4 Å². The summed E-state index contributed by atoms with van der Waals surface area (Å²) in [6.07, 6.45) is -4.46. The molecule has 4 nitrogen and oxygen atoms in total. The van der Waals surface area contributed by atoms with Crippen LogP contribution in [-0.2, 0) is 6.18 Å². The zero-order valence-electron chi connectivity index (χ0n) is 14.9. The van der Waals surface area contributed by atoms with Gasteiger partial charge in [-0.1, -0.05) is 15.9 Å². The maximum absolute atomic E-state index is 13.3. The van der Waals surface area contributed by atoms with Crippen molar-refractivity contribution in [2.24, 2.45) is 0 Å². The lowest BCUT2D eigenvalue weighted by molar-refractivity contribution is -0.138. The third kappa shape index (κ3) is 4.00. The Balaban J connectivity index is 2.07. The molecule has 3 aromatic rings. The highest BCUT2D eigenvalue weighted by molar-refractivity contribution is 9.10. The lowest BCUT2D eigenvalue weighted by atomic mass is 9.96. The Morgan fingerprint density at radius 2 is 1.81 bits per heavy atom. The van der Waals surface area contributed by atoms with Gasteiger partial charge in [0, 0.05) is 15.5 Å². The van der Waals surface area contributed by atoms with Gasteiger partial charge in [0.05, 0.1) is 17.1 Å². The van der Waals surface area contributed by atoms with Gasteiger partial charge in [0.1, 0.15) is 11.6 Å². The van der Waals surface area contributed by atoms with E-state index in [4.69, 9.17) is 5.73 Å². The molecule has 0 saturated carbocycles. The molecular weight excluding hydrogens is 421 g/mol. The summed E-state index contributed by atoms with van der Waals surface area (Å²) in [6, 6.07) is 7.70. The first kappa shape index (κ1) is 19.4. The fourth-order valence-electron chi connectivity index (χ4n) is 3.11. The highest BCUT2D eigenvalue weighted by Gasteiger charge is 2.34. The van der Waals surface area contributed by atoms with E-state index in [0.29, 0.717) is 17.2 Å². The Labute approximate surface area is 163 Å². The molecule has 1 aromatic heterocycles. The fraction of sp³-hybridized carbons (Fsp3) is 0.263. The summed E-state index contributed by atoms with van der Waals surface area (Å²) in [5.41, 5.74) is 6.45. The molecule has 1 atom stereocenters. The molecule has 0 spiro atoms. The Morgan fingerprint density at radius 3 is 2.48 bits per heavy atom. The topological polar surface area (TPSA) is 63.8 Å². The van der Waals surface area contributed by atoms with Gasteiger partial charge < -0.3 is 11.1 Å². The van der Waals surface area contributed by atoms with Crippen molar-refractivity contribution in [2.75, 3.05) is 11.1 Å². The van der Waals surface area contributed by atoms with Crippen LogP contribution in [0.25, 0.3) is 10.9 Å². The highest BCUT2D eigenvalue weighted by Crippen LogP contribution is 2.37. The molecule has 0 aliphatic carbocycles. The van der Waals surface area contributed by atoms with Gasteiger partial charge in [-0.2, -0.15) is 13.2 Å². The van der Waals surface area contributed by atoms with Crippen LogP contribution in [0.1, 0.15) is 35.5 Å². The van der Waals surface area contributed by atoms with E-state index in [1.54, 1.807) is 19.9 Å². The van der Waals surface area contributed by atoms with Crippen molar-refractivity contribution < 1.29 is 13.2 Å². The highest BCUT2D eigenvalue weighted by atomic mass is 79.9. The number of nitrogens with two attached hydrogens (primary N) is 1. The van der Waals surface area contributed by atoms with E-state index >= 15 is 0 Å². The number of hydrogen-bond donors (Lipinski definition) is 2. The van der Waals surface area contributed by atoms with Crippen LogP contribution in [-0.4, -0.2) is 9.97 Å². The number of anilines is 2. The molecule has 142 valence electrons. The molecule has 0 bridgehead atoms. The van der Waals surface area contributed by atoms with Crippen molar-refractivity contribution in [1.82, 2.24) is 9.97 Å². The number of nitrogens with one attached hydrogen (secondary N) is 1. The molecule has 0 amide bonds. The molecule has 0 unspecified atom stereocenters. The van der Waals surface area contributed by atoms with E-state index in [1.807, 2.05) is 18.2 Å². The summed E-state index contributed by atoms with van der Waals surface area (Å²) in [4.78, 5) is 8.83. The lowest BCUT2D eigenvalue weighted by Crippen LogP contribution is -2.15. The number of alkyl halides is 3. The van der Waals surface area contributed by atoms with Crippen molar-refractivity contribution in [3.63, 3.8) is 0 Å². The molecular formula is C19H18BrF3N4. The molecule has 27 heavy (non-hydrogen) atoms. The van der Waals surface area contributed by atoms with E-state index < -0.39 is 17.8 Å². The van der Waals surface area contributed by atoms with Gasteiger partial charge in [-0.3, -0.25) is 0 Å². The monoisotopic (exact) mass is 438 g/mol. The molecule has 1 heterocycles. The van der Waals surface area contributed by atoms with E-state index in [2.05, 4.69) is 31.2 Å². The minimum absolute atomic E-state index is 0.0723. The van der Waals surface area contributed by atoms with Crippen LogP contribution in [0, 0.1) is 13.8 Å². The number of aryl methyl sites for hydroxylation is 1. The summed E-state index contributed by atoms with van der Waals surface area (Å²) in [5.74, 6) is 1.13. The molecule has 0 aliphatic heterocycles. The number of halogens is 4. The maximum Gasteiger partial charge on any atom is 0.416 e. The van der Waals surface area contributed by atoms with Gasteiger partial charge in [-0.15, -0.1) is 0 Å². The summed E-state index contributed by atoms with van der Waals surface area (Å²) in [5, 5.41) is 4.00. The quantitative estimate of drug-likeness (QED) is 0.508. The van der Waals surface area contributed by atoms with Crippen molar-refractivity contribution in [1.29, 1.82) is 0 Å². The Bertz CT molecular complexity index is 1020. The number of nitrogens with zero attached hydrogens (tertiary/aromatic N) is 2. The lowest BCUT2D eigenvalue weighted by Gasteiger charge is -2.22. The van der Waals surface area contributed by atoms with Crippen LogP contribution in [0.15, 0.2) is 34.8 Å². The second-order valence-electron chi connectivity index (χ2n) is 6.43. The molecule has 0 saturated heterocycles. The predicted molar refractivity (Wildman–Crippen MR) is 105 cm³/mol. The fourth-order valence-corrected chi connectivity index (χ4v) is 3.47. The first-order valence-electron chi connectivity index (χ1n) is 8.24. The van der Waals surface area contributed by atoms with Crippen molar-refractivity contribution in [3.05, 3.63) is 57.3 Å². The standard InChI is InChI=1S/C19H18BrF3N4/c1-9-14(7-13(24)8-16(9)19(21,22)23)10(2)25-18-15-6-12(20)4-5-17(15)26-11(3)27-18/h4-8,10H,24H2,1-3H3,(H,25,26,27)/t10-/m1/s1. The van der Waals surface area contributed by atoms with E-state index in [9.17, 15) is 13.2 Å². The maximum atomic E-state index is 13.3. The summed E-state index contributed by atoms with van der Waals surface area (Å²) < 4.78 is 40.8. The predicted octanol–water partition coefficient (Wildman–Crippen LogP) is 5.78. The molecule has 0 radical (unpaired) electrons. The molecule has 2 aromatic carbocycles. The molecule has 3 rings (SSSR count). The molecule has 3 N–H and O–H groups in total. The number of hydrogen-bond acceptors (Lipinski definition) is 4. The summed E-state index contributed by atoms with van der Waals surface area (Å²) in [6.45, 7) is 5.00. The van der Waals surface area contributed by atoms with Crippen LogP contribution < -0.4 is 11.1 Å². The largest absolute Gasteiger partial charge is 0.416 e. The van der Waals surface area contributed by atoms with Crippen LogP contribution in [0.3, 0.4) is 0 Å². The van der Waals surface area contributed by atoms with Crippen LogP contribution in [0.4, 0.5) is 24.7 Å². The number of benzene rings is 2. The molecule has 8 heteroatoms. The Hall–Kier alpha value is -2.35. The average molecular weight is 439 g/mol. The van der Waals surface area contributed by atoms with Crippen LogP contribution >= 0.6 is 15.9 Å². The minimum Gasteiger partial charge on any atom is -0.399 e. The zero-order valence-corrected chi connectivity index (χ0v) is 16.5. The van der Waals surface area contributed by atoms with Gasteiger partial charge in [-0.25, -0.2) is 9.97 Å². The third-order valence-electron chi connectivity index (χ3n) is 4.36. The van der Waals surface area contributed by atoms with Crippen molar-refractivity contribution >= 4 is 38.3 Å². The van der Waals surface area contributed by atoms with Crippen molar-refractivity contribution in [2.45, 2.75) is 33.0 Å². The summed E-state index contributed by atoms with van der Waals surface area (Å²) in [7, 11) is 0. The Morgan fingerprint density at radius 1 is 1.11 bits per heavy atom. The smallest absolute Gasteiger partial charge is 0.399 e. The first-order valence-corrected chi connectivity index (χ1v) is 9.03. The SMILES string of the molecule is Cc1nc(N[C@H](C)c2cc(N)cc(C(F)(F)F)c2C)c2cc(Br)ccc2n1. The zero-order chi connectivity index (χ0) is 19.9. The van der Waals surface area contributed by atoms with Crippen molar-refractivity contribution in [3.8, 4) is 0 Å². The second kappa shape index (κ2) is 6.99. The second-order valence-corrected chi connectivity index (χ2v) is 7.34. The molecule has 0 fully saturated rings. The molecule has 0 aliphatic rings. The number of nitrogen functional groups attached to an aromatic ring is 1. The van der Waals surface area contributed by atoms with Gasteiger partial charge in [0.2, 0.25) is 0 Å². The van der Waals surface area contributed by atoms with Crippen LogP contribution in [0.5, 0.6) is 0 Å². The third-order valence-corrected chi connectivity index (χ3v) is 4.86. The minimum atomic E-state index is -4.46. The number of fused-ring (bicyclic) bond motifs is 1. The summed E-state index contributed by atoms with van der Waals surface area (Å²) >= 11 is 3.42. The van der Waals surface area contributed by atoms with E-state index in [-0.39, 0.29) is 11.3 Å². The number of rotatable bonds is 3.